The van der Waals surface area contributed by atoms with Crippen molar-refractivity contribution in [2.75, 3.05) is 13.7 Å². The molecule has 2 aromatic carbocycles. The minimum atomic E-state index is -0.426. The summed E-state index contributed by atoms with van der Waals surface area (Å²) in [5.41, 5.74) is 2.46. The van der Waals surface area contributed by atoms with Gasteiger partial charge in [0.1, 0.15) is 17.6 Å². The minimum absolute atomic E-state index is 0.0236. The molecule has 1 aliphatic rings. The Hall–Kier alpha value is -1.85. The van der Waals surface area contributed by atoms with Gasteiger partial charge in [0.15, 0.2) is 5.78 Å². The predicted molar refractivity (Wildman–Crippen MR) is 95.1 cm³/mol. The molecular formula is C19H19BrO4. The number of carbonyl (C=O) groups excluding carboxylic acids is 1. The van der Waals surface area contributed by atoms with Crippen LogP contribution in [0.2, 0.25) is 0 Å². The zero-order valence-corrected chi connectivity index (χ0v) is 15.2. The van der Waals surface area contributed by atoms with Crippen molar-refractivity contribution in [3.05, 3.63) is 57.6 Å². The number of benzene rings is 2. The van der Waals surface area contributed by atoms with Gasteiger partial charge < -0.3 is 14.6 Å². The van der Waals surface area contributed by atoms with Crippen molar-refractivity contribution in [2.45, 2.75) is 25.4 Å². The van der Waals surface area contributed by atoms with Crippen LogP contribution in [-0.2, 0) is 0 Å². The van der Waals surface area contributed by atoms with Crippen molar-refractivity contribution in [1.82, 2.24) is 0 Å². The lowest BCUT2D eigenvalue weighted by Crippen LogP contribution is -2.24. The quantitative estimate of drug-likeness (QED) is 0.785. The van der Waals surface area contributed by atoms with E-state index in [1.54, 1.807) is 13.2 Å². The first-order valence-corrected chi connectivity index (χ1v) is 8.66. The maximum absolute atomic E-state index is 12.3. The van der Waals surface area contributed by atoms with Crippen LogP contribution < -0.4 is 9.47 Å². The maximum atomic E-state index is 12.3. The summed E-state index contributed by atoms with van der Waals surface area (Å²) in [4.78, 5) is 12.3. The zero-order valence-electron chi connectivity index (χ0n) is 13.6. The van der Waals surface area contributed by atoms with Gasteiger partial charge >= 0.3 is 0 Å². The number of halogens is 1. The third-order valence-electron chi connectivity index (χ3n) is 4.31. The van der Waals surface area contributed by atoms with E-state index in [1.807, 2.05) is 37.3 Å². The van der Waals surface area contributed by atoms with Gasteiger partial charge in [-0.25, -0.2) is 0 Å². The first kappa shape index (κ1) is 17.0. The number of carbonyl (C=O) groups is 1. The van der Waals surface area contributed by atoms with Crippen LogP contribution >= 0.6 is 15.9 Å². The average molecular weight is 391 g/mol. The van der Waals surface area contributed by atoms with E-state index in [9.17, 15) is 9.90 Å². The molecule has 0 saturated heterocycles. The van der Waals surface area contributed by atoms with E-state index in [2.05, 4.69) is 15.9 Å². The number of hydrogen-bond donors (Lipinski definition) is 1. The molecule has 0 spiro atoms. The van der Waals surface area contributed by atoms with Crippen LogP contribution in [0.5, 0.6) is 11.5 Å². The van der Waals surface area contributed by atoms with Gasteiger partial charge in [-0.05, 0) is 29.8 Å². The molecule has 0 saturated carbocycles. The van der Waals surface area contributed by atoms with E-state index in [-0.39, 0.29) is 18.3 Å². The topological polar surface area (TPSA) is 55.8 Å². The Morgan fingerprint density at radius 1 is 1.33 bits per heavy atom. The summed E-state index contributed by atoms with van der Waals surface area (Å²) in [6.07, 6.45) is -0.0234. The highest BCUT2D eigenvalue weighted by Gasteiger charge is 2.38. The number of rotatable bonds is 5. The van der Waals surface area contributed by atoms with E-state index in [0.29, 0.717) is 17.7 Å². The van der Waals surface area contributed by atoms with Gasteiger partial charge in [-0.1, -0.05) is 35.0 Å². The van der Waals surface area contributed by atoms with Crippen molar-refractivity contribution in [1.29, 1.82) is 0 Å². The molecule has 0 unspecified atom stereocenters. The molecule has 4 nitrogen and oxygen atoms in total. The lowest BCUT2D eigenvalue weighted by molar-refractivity contribution is 0.0971. The fraction of sp³-hybridized carbons (Fsp3) is 0.316. The molecule has 2 aromatic rings. The van der Waals surface area contributed by atoms with Crippen LogP contribution in [-0.4, -0.2) is 30.7 Å². The van der Waals surface area contributed by atoms with Crippen LogP contribution in [0.3, 0.4) is 0 Å². The Bertz CT molecular complexity index is 772. The molecule has 0 radical (unpaired) electrons. The molecular weight excluding hydrogens is 372 g/mol. The first-order chi connectivity index (χ1) is 11.6. The van der Waals surface area contributed by atoms with E-state index in [4.69, 9.17) is 9.47 Å². The van der Waals surface area contributed by atoms with Gasteiger partial charge in [0.2, 0.25) is 0 Å². The standard InChI is InChI=1S/C19H19BrO4/c1-3-16(22)14-8-12(20)9-15-18(17(10-21)24-19(14)15)11-5-4-6-13(7-11)23-2/h4-9,17-18,21H,3,10H2,1-2H3/t17-,18+/m1/s1. The van der Waals surface area contributed by atoms with Gasteiger partial charge in [-0.3, -0.25) is 4.79 Å². The molecule has 5 heteroatoms. The van der Waals surface area contributed by atoms with Crippen molar-refractivity contribution in [3.63, 3.8) is 0 Å². The fourth-order valence-electron chi connectivity index (χ4n) is 3.17. The average Bonchev–Trinajstić information content (AvgIpc) is 2.98. The molecule has 126 valence electrons. The smallest absolute Gasteiger partial charge is 0.166 e. The summed E-state index contributed by atoms with van der Waals surface area (Å²) in [6.45, 7) is 1.70. The summed E-state index contributed by atoms with van der Waals surface area (Å²) in [6, 6.07) is 11.5. The highest BCUT2D eigenvalue weighted by Crippen LogP contribution is 2.46. The zero-order chi connectivity index (χ0) is 17.3. The van der Waals surface area contributed by atoms with E-state index >= 15 is 0 Å². The Kier molecular flexibility index (Phi) is 4.92. The van der Waals surface area contributed by atoms with E-state index in [1.165, 1.54) is 0 Å². The lowest BCUT2D eigenvalue weighted by Gasteiger charge is -2.18. The minimum Gasteiger partial charge on any atom is -0.497 e. The number of fused-ring (bicyclic) bond motifs is 1. The SMILES string of the molecule is CCC(=O)c1cc(Br)cc2c1O[C@H](CO)[C@H]2c1cccc(OC)c1. The Morgan fingerprint density at radius 2 is 2.12 bits per heavy atom. The number of methoxy groups -OCH3 is 1. The molecule has 24 heavy (non-hydrogen) atoms. The number of hydrogen-bond acceptors (Lipinski definition) is 4. The molecule has 3 rings (SSSR count). The summed E-state index contributed by atoms with van der Waals surface area (Å²) >= 11 is 3.49. The van der Waals surface area contributed by atoms with Crippen LogP contribution in [0.25, 0.3) is 0 Å². The first-order valence-electron chi connectivity index (χ1n) is 7.87. The second kappa shape index (κ2) is 6.95. The van der Waals surface area contributed by atoms with Crippen molar-refractivity contribution in [3.8, 4) is 11.5 Å². The second-order valence-electron chi connectivity index (χ2n) is 5.74. The van der Waals surface area contributed by atoms with Crippen molar-refractivity contribution in [2.24, 2.45) is 0 Å². The van der Waals surface area contributed by atoms with Gasteiger partial charge in [0, 0.05) is 16.5 Å². The monoisotopic (exact) mass is 390 g/mol. The summed E-state index contributed by atoms with van der Waals surface area (Å²) in [5, 5.41) is 9.80. The number of Topliss-reactive ketones (excluding diaryl/α,β-unsaturated/α-hetero) is 1. The van der Waals surface area contributed by atoms with Gasteiger partial charge in [-0.15, -0.1) is 0 Å². The van der Waals surface area contributed by atoms with Crippen molar-refractivity contribution >= 4 is 21.7 Å². The highest BCUT2D eigenvalue weighted by molar-refractivity contribution is 9.10. The molecule has 2 atom stereocenters. The molecule has 0 aromatic heterocycles. The van der Waals surface area contributed by atoms with Crippen molar-refractivity contribution < 1.29 is 19.4 Å². The molecule has 1 heterocycles. The fourth-order valence-corrected chi connectivity index (χ4v) is 3.64. The lowest BCUT2D eigenvalue weighted by atomic mass is 9.87. The van der Waals surface area contributed by atoms with E-state index in [0.717, 1.165) is 21.3 Å². The molecule has 0 aliphatic carbocycles. The van der Waals surface area contributed by atoms with Gasteiger partial charge in [0.05, 0.1) is 25.2 Å². The molecule has 1 aliphatic heterocycles. The van der Waals surface area contributed by atoms with Crippen LogP contribution in [0.15, 0.2) is 40.9 Å². The Balaban J connectivity index is 2.15. The normalized spacial score (nSPS) is 18.8. The number of aliphatic hydroxyl groups excluding tert-OH is 1. The summed E-state index contributed by atoms with van der Waals surface area (Å²) in [7, 11) is 1.62. The Morgan fingerprint density at radius 3 is 2.79 bits per heavy atom. The number of ketones is 1. The Labute approximate surface area is 149 Å². The van der Waals surface area contributed by atoms with Gasteiger partial charge in [0.25, 0.3) is 0 Å². The highest BCUT2D eigenvalue weighted by atomic mass is 79.9. The van der Waals surface area contributed by atoms with Crippen LogP contribution in [0.4, 0.5) is 0 Å². The van der Waals surface area contributed by atoms with Crippen LogP contribution in [0.1, 0.15) is 40.7 Å². The number of aliphatic hydroxyl groups is 1. The molecule has 1 N–H and O–H groups in total. The molecule has 0 bridgehead atoms. The van der Waals surface area contributed by atoms with E-state index < -0.39 is 6.10 Å². The molecule has 0 fully saturated rings. The largest absolute Gasteiger partial charge is 0.497 e. The number of ether oxygens (including phenoxy) is 2. The second-order valence-corrected chi connectivity index (χ2v) is 6.66. The van der Waals surface area contributed by atoms with Crippen LogP contribution in [0, 0.1) is 0 Å². The summed E-state index contributed by atoms with van der Waals surface area (Å²) in [5.74, 6) is 1.20. The molecule has 0 amide bonds. The maximum Gasteiger partial charge on any atom is 0.166 e. The summed E-state index contributed by atoms with van der Waals surface area (Å²) < 4.78 is 12.1. The third-order valence-corrected chi connectivity index (χ3v) is 4.77. The van der Waals surface area contributed by atoms with Gasteiger partial charge in [-0.2, -0.15) is 0 Å². The predicted octanol–water partition coefficient (Wildman–Crippen LogP) is 3.94. The third kappa shape index (κ3) is 2.94.